The first-order valence-electron chi connectivity index (χ1n) is 10.7. The van der Waals surface area contributed by atoms with Crippen molar-refractivity contribution in [3.63, 3.8) is 0 Å². The van der Waals surface area contributed by atoms with Crippen molar-refractivity contribution < 1.29 is 0 Å². The molecule has 2 nitrogen and oxygen atoms in total. The van der Waals surface area contributed by atoms with Gasteiger partial charge in [-0.2, -0.15) is 0 Å². The first-order valence-corrected chi connectivity index (χ1v) is 10.7. The van der Waals surface area contributed by atoms with Crippen LogP contribution in [0.15, 0.2) is 103 Å². The SMILES string of the molecule is CNN(C)Cc1ccc(-c2c3ccccc3c(-c3ccccc3)c3ccccc23)cc1. The van der Waals surface area contributed by atoms with Gasteiger partial charge < -0.3 is 0 Å². The summed E-state index contributed by atoms with van der Waals surface area (Å²) >= 11 is 0. The second-order valence-corrected chi connectivity index (χ2v) is 7.98. The largest absolute Gasteiger partial charge is 0.258 e. The molecule has 152 valence electrons. The minimum Gasteiger partial charge on any atom is -0.258 e. The van der Waals surface area contributed by atoms with Gasteiger partial charge in [0.05, 0.1) is 0 Å². The van der Waals surface area contributed by atoms with E-state index in [0.717, 1.165) is 6.54 Å². The van der Waals surface area contributed by atoms with E-state index in [2.05, 4.69) is 121 Å². The Labute approximate surface area is 183 Å². The van der Waals surface area contributed by atoms with Gasteiger partial charge in [0.2, 0.25) is 0 Å². The maximum atomic E-state index is 3.16. The standard InChI is InChI=1S/C29H26N2/c1-30-31(2)20-21-16-18-23(19-17-21)29-26-14-8-6-12-24(26)28(22-10-4-3-5-11-22)25-13-7-9-15-27(25)29/h3-19,30H,20H2,1-2H3. The summed E-state index contributed by atoms with van der Waals surface area (Å²) in [6, 6.07) is 37.3. The minimum absolute atomic E-state index is 0.866. The van der Waals surface area contributed by atoms with Gasteiger partial charge in [-0.1, -0.05) is 103 Å². The average Bonchev–Trinajstić information content (AvgIpc) is 2.83. The van der Waals surface area contributed by atoms with Crippen LogP contribution in [-0.2, 0) is 6.54 Å². The second kappa shape index (κ2) is 8.35. The third-order valence-electron chi connectivity index (χ3n) is 6.04. The highest BCUT2D eigenvalue weighted by Gasteiger charge is 2.16. The Bertz CT molecular complexity index is 1280. The normalized spacial score (nSPS) is 11.5. The van der Waals surface area contributed by atoms with Gasteiger partial charge >= 0.3 is 0 Å². The maximum absolute atomic E-state index is 3.16. The molecule has 0 aliphatic rings. The highest BCUT2D eigenvalue weighted by Crippen LogP contribution is 2.43. The molecule has 0 spiro atoms. The van der Waals surface area contributed by atoms with Gasteiger partial charge in [0.1, 0.15) is 0 Å². The summed E-state index contributed by atoms with van der Waals surface area (Å²) in [5.41, 5.74) is 9.57. The van der Waals surface area contributed by atoms with E-state index < -0.39 is 0 Å². The van der Waals surface area contributed by atoms with Crippen LogP contribution in [0.3, 0.4) is 0 Å². The Morgan fingerprint density at radius 3 is 1.42 bits per heavy atom. The molecule has 0 bridgehead atoms. The number of nitrogens with zero attached hydrogens (tertiary/aromatic N) is 1. The molecule has 0 heterocycles. The molecule has 5 rings (SSSR count). The molecule has 0 unspecified atom stereocenters. The molecule has 0 atom stereocenters. The lowest BCUT2D eigenvalue weighted by molar-refractivity contribution is 0.251. The van der Waals surface area contributed by atoms with E-state index >= 15 is 0 Å². The molecule has 0 amide bonds. The Balaban J connectivity index is 1.78. The van der Waals surface area contributed by atoms with Crippen molar-refractivity contribution in [3.05, 3.63) is 109 Å². The molecule has 5 aromatic rings. The summed E-state index contributed by atoms with van der Waals surface area (Å²) < 4.78 is 0. The van der Waals surface area contributed by atoms with Crippen LogP contribution in [-0.4, -0.2) is 19.1 Å². The predicted molar refractivity (Wildman–Crippen MR) is 133 cm³/mol. The summed E-state index contributed by atoms with van der Waals surface area (Å²) in [6.45, 7) is 0.866. The fraction of sp³-hybridized carbons (Fsp3) is 0.103. The van der Waals surface area contributed by atoms with Gasteiger partial charge in [-0.3, -0.25) is 5.43 Å². The summed E-state index contributed by atoms with van der Waals surface area (Å²) in [5, 5.41) is 7.25. The van der Waals surface area contributed by atoms with Gasteiger partial charge in [0.25, 0.3) is 0 Å². The molecule has 0 saturated heterocycles. The van der Waals surface area contributed by atoms with E-state index in [1.54, 1.807) is 0 Å². The van der Waals surface area contributed by atoms with Crippen molar-refractivity contribution >= 4 is 21.5 Å². The average molecular weight is 403 g/mol. The van der Waals surface area contributed by atoms with Crippen LogP contribution < -0.4 is 5.43 Å². The lowest BCUT2D eigenvalue weighted by Gasteiger charge is -2.18. The minimum atomic E-state index is 0.866. The summed E-state index contributed by atoms with van der Waals surface area (Å²) in [5.74, 6) is 0. The van der Waals surface area contributed by atoms with Gasteiger partial charge in [0, 0.05) is 13.6 Å². The lowest BCUT2D eigenvalue weighted by Crippen LogP contribution is -2.29. The first kappa shape index (κ1) is 19.5. The van der Waals surface area contributed by atoms with E-state index in [0.29, 0.717) is 0 Å². The van der Waals surface area contributed by atoms with Crippen LogP contribution >= 0.6 is 0 Å². The molecule has 5 aromatic carbocycles. The Hall–Kier alpha value is -3.46. The number of hydrazine groups is 1. The zero-order valence-electron chi connectivity index (χ0n) is 18.0. The molecular weight excluding hydrogens is 376 g/mol. The van der Waals surface area contributed by atoms with Crippen molar-refractivity contribution in [1.29, 1.82) is 0 Å². The highest BCUT2D eigenvalue weighted by atomic mass is 15.5. The van der Waals surface area contributed by atoms with Crippen molar-refractivity contribution in [2.24, 2.45) is 0 Å². The monoisotopic (exact) mass is 402 g/mol. The van der Waals surface area contributed by atoms with Crippen molar-refractivity contribution in [2.75, 3.05) is 14.1 Å². The number of nitrogens with one attached hydrogen (secondary N) is 1. The summed E-state index contributed by atoms with van der Waals surface area (Å²) in [6.07, 6.45) is 0. The Kier molecular flexibility index (Phi) is 5.25. The summed E-state index contributed by atoms with van der Waals surface area (Å²) in [4.78, 5) is 0. The predicted octanol–water partition coefficient (Wildman–Crippen LogP) is 6.89. The third-order valence-corrected chi connectivity index (χ3v) is 6.04. The molecule has 2 heteroatoms. The zero-order chi connectivity index (χ0) is 21.2. The van der Waals surface area contributed by atoms with Crippen LogP contribution in [0, 0.1) is 0 Å². The Morgan fingerprint density at radius 2 is 0.968 bits per heavy atom. The van der Waals surface area contributed by atoms with Crippen LogP contribution in [0.25, 0.3) is 43.8 Å². The topological polar surface area (TPSA) is 15.3 Å². The van der Waals surface area contributed by atoms with E-state index in [1.165, 1.54) is 49.4 Å². The maximum Gasteiger partial charge on any atom is 0.0378 e. The number of hydrogen-bond acceptors (Lipinski definition) is 2. The molecule has 1 N–H and O–H groups in total. The van der Waals surface area contributed by atoms with Crippen LogP contribution in [0.5, 0.6) is 0 Å². The van der Waals surface area contributed by atoms with Gasteiger partial charge in [-0.15, -0.1) is 0 Å². The molecule has 0 aliphatic heterocycles. The van der Waals surface area contributed by atoms with Crippen molar-refractivity contribution in [1.82, 2.24) is 10.4 Å². The second-order valence-electron chi connectivity index (χ2n) is 7.98. The first-order chi connectivity index (χ1) is 15.3. The van der Waals surface area contributed by atoms with Crippen molar-refractivity contribution in [2.45, 2.75) is 6.54 Å². The number of benzene rings is 5. The van der Waals surface area contributed by atoms with Gasteiger partial charge in [-0.05, 0) is 56.4 Å². The molecule has 0 aromatic heterocycles. The fourth-order valence-electron chi connectivity index (χ4n) is 4.48. The van der Waals surface area contributed by atoms with Crippen LogP contribution in [0.1, 0.15) is 5.56 Å². The van der Waals surface area contributed by atoms with E-state index in [-0.39, 0.29) is 0 Å². The molecule has 31 heavy (non-hydrogen) atoms. The Morgan fingerprint density at radius 1 is 0.548 bits per heavy atom. The zero-order valence-corrected chi connectivity index (χ0v) is 18.0. The number of rotatable bonds is 5. The smallest absolute Gasteiger partial charge is 0.0378 e. The third kappa shape index (κ3) is 3.61. The molecular formula is C29H26N2. The van der Waals surface area contributed by atoms with Gasteiger partial charge in [0.15, 0.2) is 0 Å². The molecule has 0 radical (unpaired) electrons. The molecule has 0 fully saturated rings. The van der Waals surface area contributed by atoms with Gasteiger partial charge in [-0.25, -0.2) is 5.01 Å². The quantitative estimate of drug-likeness (QED) is 0.254. The van der Waals surface area contributed by atoms with Crippen LogP contribution in [0.4, 0.5) is 0 Å². The van der Waals surface area contributed by atoms with E-state index in [4.69, 9.17) is 0 Å². The lowest BCUT2D eigenvalue weighted by atomic mass is 9.86. The summed E-state index contributed by atoms with van der Waals surface area (Å²) in [7, 11) is 4.00. The van der Waals surface area contributed by atoms with E-state index in [1.807, 2.05) is 7.05 Å². The number of hydrogen-bond donors (Lipinski definition) is 1. The van der Waals surface area contributed by atoms with Crippen molar-refractivity contribution in [3.8, 4) is 22.3 Å². The molecule has 0 aliphatic carbocycles. The fourth-order valence-corrected chi connectivity index (χ4v) is 4.48. The van der Waals surface area contributed by atoms with E-state index in [9.17, 15) is 0 Å². The molecule has 0 saturated carbocycles. The number of fused-ring (bicyclic) bond motifs is 2. The highest BCUT2D eigenvalue weighted by molar-refractivity contribution is 6.21. The van der Waals surface area contributed by atoms with Crippen LogP contribution in [0.2, 0.25) is 0 Å².